The second-order valence-corrected chi connectivity index (χ2v) is 11.3. The molecule has 0 amide bonds. The summed E-state index contributed by atoms with van der Waals surface area (Å²) in [6.07, 6.45) is 13.6. The number of piperidine rings is 1. The molecule has 1 aliphatic heterocycles. The van der Waals surface area contributed by atoms with Crippen LogP contribution in [0.4, 0.5) is 0 Å². The predicted molar refractivity (Wildman–Crippen MR) is 119 cm³/mol. The van der Waals surface area contributed by atoms with Crippen molar-refractivity contribution in [2.45, 2.75) is 97.5 Å². The quantitative estimate of drug-likeness (QED) is 0.653. The van der Waals surface area contributed by atoms with Gasteiger partial charge in [-0.2, -0.15) is 0 Å². The smallest absolute Gasteiger partial charge is 0.150 e. The monoisotopic (exact) mass is 403 g/mol. The minimum Gasteiger partial charge on any atom is -0.393 e. The van der Waals surface area contributed by atoms with Crippen LogP contribution < -0.4 is 0 Å². The molecule has 0 bridgehead atoms. The summed E-state index contributed by atoms with van der Waals surface area (Å²) in [5.41, 5.74) is 0.253. The third-order valence-electron chi connectivity index (χ3n) is 9.99. The second-order valence-electron chi connectivity index (χ2n) is 11.3. The number of fused-ring (bicyclic) bond motifs is 3. The first-order valence-corrected chi connectivity index (χ1v) is 12.9. The molecule has 7 atom stereocenters. The van der Waals surface area contributed by atoms with Gasteiger partial charge in [-0.25, -0.2) is 0 Å². The molecule has 3 nitrogen and oxygen atoms in total. The Balaban J connectivity index is 1.44. The number of ketones is 1. The molecule has 3 saturated carbocycles. The van der Waals surface area contributed by atoms with Crippen LogP contribution in [-0.2, 0) is 4.79 Å². The number of aliphatic hydroxyl groups is 1. The molecule has 29 heavy (non-hydrogen) atoms. The molecule has 3 heteroatoms. The summed E-state index contributed by atoms with van der Waals surface area (Å²) in [7, 11) is 0. The molecule has 0 radical (unpaired) electrons. The van der Waals surface area contributed by atoms with Crippen LogP contribution in [0.3, 0.4) is 0 Å². The highest BCUT2D eigenvalue weighted by atomic mass is 16.3. The van der Waals surface area contributed by atoms with Gasteiger partial charge in [0.05, 0.1) is 12.6 Å². The van der Waals surface area contributed by atoms with Gasteiger partial charge in [0, 0.05) is 19.0 Å². The van der Waals surface area contributed by atoms with Crippen molar-refractivity contribution in [3.05, 3.63) is 0 Å². The van der Waals surface area contributed by atoms with E-state index in [1.165, 1.54) is 51.4 Å². The van der Waals surface area contributed by atoms with Crippen molar-refractivity contribution in [3.63, 3.8) is 0 Å². The van der Waals surface area contributed by atoms with Gasteiger partial charge >= 0.3 is 0 Å². The Kier molecular flexibility index (Phi) is 6.76. The molecule has 1 N–H and O–H groups in total. The maximum absolute atomic E-state index is 13.4. The molecule has 166 valence electrons. The Morgan fingerprint density at radius 2 is 1.76 bits per heavy atom. The van der Waals surface area contributed by atoms with Gasteiger partial charge < -0.3 is 5.11 Å². The van der Waals surface area contributed by atoms with Crippen LogP contribution in [-0.4, -0.2) is 41.5 Å². The zero-order valence-corrected chi connectivity index (χ0v) is 19.2. The van der Waals surface area contributed by atoms with Crippen LogP contribution >= 0.6 is 0 Å². The van der Waals surface area contributed by atoms with Crippen LogP contribution in [0, 0.1) is 40.9 Å². The van der Waals surface area contributed by atoms with Gasteiger partial charge in [-0.15, -0.1) is 0 Å². The number of rotatable bonds is 6. The molecule has 4 fully saturated rings. The fourth-order valence-corrected chi connectivity index (χ4v) is 8.46. The first-order valence-electron chi connectivity index (χ1n) is 12.9. The molecule has 3 aliphatic carbocycles. The van der Waals surface area contributed by atoms with E-state index >= 15 is 0 Å². The Hall–Kier alpha value is -0.410. The fraction of sp³-hybridized carbons (Fsp3) is 0.962. The van der Waals surface area contributed by atoms with Crippen LogP contribution in [0.15, 0.2) is 0 Å². The SMILES string of the molecule is CCCC1C(CC)CCC2C1CCC1(C)C(C(=O)CN3CCC(O)CC3)CCC21. The lowest BCUT2D eigenvalue weighted by molar-refractivity contribution is -0.131. The number of hydrogen-bond donors (Lipinski definition) is 1. The van der Waals surface area contributed by atoms with Crippen molar-refractivity contribution in [2.24, 2.45) is 40.9 Å². The van der Waals surface area contributed by atoms with E-state index in [0.717, 1.165) is 61.9 Å². The number of hydrogen-bond acceptors (Lipinski definition) is 3. The number of nitrogens with zero attached hydrogens (tertiary/aromatic N) is 1. The molecule has 0 aromatic heterocycles. The average Bonchev–Trinajstić information content (AvgIpc) is 3.07. The standard InChI is InChI=1S/C26H45NO2/c1-4-6-20-18(5-2)7-8-22-21(20)11-14-26(3)23(22)9-10-24(26)25(29)17-27-15-12-19(28)13-16-27/h18-24,28H,4-17H2,1-3H3. The van der Waals surface area contributed by atoms with Gasteiger partial charge in [0.2, 0.25) is 0 Å². The Morgan fingerprint density at radius 3 is 2.45 bits per heavy atom. The van der Waals surface area contributed by atoms with E-state index in [0.29, 0.717) is 12.3 Å². The maximum atomic E-state index is 13.4. The fourth-order valence-electron chi connectivity index (χ4n) is 8.46. The van der Waals surface area contributed by atoms with Crippen LogP contribution in [0.25, 0.3) is 0 Å². The summed E-state index contributed by atoms with van der Waals surface area (Å²) in [5, 5.41) is 9.76. The van der Waals surface area contributed by atoms with Crippen molar-refractivity contribution in [3.8, 4) is 0 Å². The van der Waals surface area contributed by atoms with E-state index in [9.17, 15) is 9.90 Å². The summed E-state index contributed by atoms with van der Waals surface area (Å²) in [6, 6.07) is 0. The number of aliphatic hydroxyl groups excluding tert-OH is 1. The molecule has 0 aromatic rings. The molecular formula is C26H45NO2. The summed E-state index contributed by atoms with van der Waals surface area (Å²) < 4.78 is 0. The van der Waals surface area contributed by atoms with Crippen molar-refractivity contribution >= 4 is 5.78 Å². The normalized spacial score (nSPS) is 43.7. The van der Waals surface area contributed by atoms with E-state index in [4.69, 9.17) is 0 Å². The zero-order valence-electron chi connectivity index (χ0n) is 19.2. The van der Waals surface area contributed by atoms with Crippen molar-refractivity contribution in [1.82, 2.24) is 4.90 Å². The molecule has 0 aromatic carbocycles. The van der Waals surface area contributed by atoms with Gasteiger partial charge in [-0.05, 0) is 86.4 Å². The molecular weight excluding hydrogens is 358 g/mol. The van der Waals surface area contributed by atoms with Crippen molar-refractivity contribution < 1.29 is 9.90 Å². The van der Waals surface area contributed by atoms with E-state index < -0.39 is 0 Å². The second kappa shape index (κ2) is 8.99. The Morgan fingerprint density at radius 1 is 1.00 bits per heavy atom. The number of carbonyl (C=O) groups is 1. The molecule has 1 saturated heterocycles. The minimum atomic E-state index is -0.153. The van der Waals surface area contributed by atoms with E-state index in [-0.39, 0.29) is 17.4 Å². The van der Waals surface area contributed by atoms with Gasteiger partial charge in [0.1, 0.15) is 5.78 Å². The summed E-state index contributed by atoms with van der Waals surface area (Å²) in [6.45, 7) is 9.68. The maximum Gasteiger partial charge on any atom is 0.150 e. The van der Waals surface area contributed by atoms with Crippen molar-refractivity contribution in [2.75, 3.05) is 19.6 Å². The molecule has 0 spiro atoms. The van der Waals surface area contributed by atoms with E-state index in [1.54, 1.807) is 0 Å². The molecule has 4 rings (SSSR count). The summed E-state index contributed by atoms with van der Waals surface area (Å²) >= 11 is 0. The first-order chi connectivity index (χ1) is 14.0. The minimum absolute atomic E-state index is 0.153. The van der Waals surface area contributed by atoms with E-state index in [1.807, 2.05) is 0 Å². The molecule has 1 heterocycles. The lowest BCUT2D eigenvalue weighted by Crippen LogP contribution is -2.49. The van der Waals surface area contributed by atoms with E-state index in [2.05, 4.69) is 25.7 Å². The summed E-state index contributed by atoms with van der Waals surface area (Å²) in [4.78, 5) is 15.7. The Bertz CT molecular complexity index is 569. The first kappa shape index (κ1) is 21.8. The van der Waals surface area contributed by atoms with Crippen LogP contribution in [0.1, 0.15) is 91.4 Å². The predicted octanol–water partition coefficient (Wildman–Crippen LogP) is 5.31. The van der Waals surface area contributed by atoms with Crippen LogP contribution in [0.5, 0.6) is 0 Å². The third-order valence-corrected chi connectivity index (χ3v) is 9.99. The molecule has 4 aliphatic rings. The topological polar surface area (TPSA) is 40.5 Å². The van der Waals surface area contributed by atoms with Gasteiger partial charge in [0.25, 0.3) is 0 Å². The zero-order chi connectivity index (χ0) is 20.6. The van der Waals surface area contributed by atoms with Gasteiger partial charge in [-0.3, -0.25) is 9.69 Å². The number of likely N-dealkylation sites (tertiary alicyclic amines) is 1. The lowest BCUT2D eigenvalue weighted by atomic mass is 9.50. The highest BCUT2D eigenvalue weighted by molar-refractivity contribution is 5.84. The summed E-state index contributed by atoms with van der Waals surface area (Å²) in [5.74, 6) is 5.30. The number of Topliss-reactive ketones (excluding diaryl/α,β-unsaturated/α-hetero) is 1. The van der Waals surface area contributed by atoms with Gasteiger partial charge in [-0.1, -0.05) is 40.0 Å². The molecule has 7 unspecified atom stereocenters. The highest BCUT2D eigenvalue weighted by Gasteiger charge is 2.57. The van der Waals surface area contributed by atoms with Crippen LogP contribution in [0.2, 0.25) is 0 Å². The van der Waals surface area contributed by atoms with Crippen molar-refractivity contribution in [1.29, 1.82) is 0 Å². The lowest BCUT2D eigenvalue weighted by Gasteiger charge is -2.54. The largest absolute Gasteiger partial charge is 0.393 e. The Labute approximate surface area is 179 Å². The third kappa shape index (κ3) is 4.07. The van der Waals surface area contributed by atoms with Gasteiger partial charge in [0.15, 0.2) is 0 Å². The average molecular weight is 404 g/mol. The number of carbonyl (C=O) groups excluding carboxylic acids is 1. The highest BCUT2D eigenvalue weighted by Crippen LogP contribution is 2.63.